The first kappa shape index (κ1) is 24.1. The van der Waals surface area contributed by atoms with Gasteiger partial charge in [-0.2, -0.15) is 18.3 Å². The number of rotatable bonds is 6. The lowest BCUT2D eigenvalue weighted by molar-refractivity contribution is -0.141. The van der Waals surface area contributed by atoms with Crippen LogP contribution in [0, 0.1) is 0 Å². The van der Waals surface area contributed by atoms with Crippen LogP contribution in [-0.4, -0.2) is 61.1 Å². The van der Waals surface area contributed by atoms with E-state index in [1.807, 2.05) is 42.8 Å². The Kier molecular flexibility index (Phi) is 5.79. The van der Waals surface area contributed by atoms with E-state index in [2.05, 4.69) is 30.3 Å². The zero-order valence-electron chi connectivity index (χ0n) is 20.7. The molecule has 0 bridgehead atoms. The molecule has 194 valence electrons. The summed E-state index contributed by atoms with van der Waals surface area (Å²) in [6.07, 6.45) is -0.177. The number of ether oxygens (including phenoxy) is 1. The molecular formula is C26H28F3N7O. The number of aryl methyl sites for hydroxylation is 1. The Bertz CT molecular complexity index is 1430. The van der Waals surface area contributed by atoms with Crippen LogP contribution in [0.4, 0.5) is 13.2 Å². The monoisotopic (exact) mass is 511 g/mol. The number of aromatic nitrogens is 6. The highest BCUT2D eigenvalue weighted by Gasteiger charge is 2.42. The van der Waals surface area contributed by atoms with Gasteiger partial charge in [0.05, 0.1) is 30.5 Å². The van der Waals surface area contributed by atoms with Gasteiger partial charge in [0.25, 0.3) is 0 Å². The first-order valence-corrected chi connectivity index (χ1v) is 12.5. The molecule has 1 N–H and O–H groups in total. The van der Waals surface area contributed by atoms with Crippen LogP contribution in [0.1, 0.15) is 48.6 Å². The molecule has 5 heterocycles. The van der Waals surface area contributed by atoms with E-state index in [1.165, 1.54) is 0 Å². The highest BCUT2D eigenvalue weighted by molar-refractivity contribution is 5.94. The molecule has 2 aliphatic rings. The van der Waals surface area contributed by atoms with Crippen molar-refractivity contribution in [1.29, 1.82) is 0 Å². The molecule has 11 heteroatoms. The Hall–Kier alpha value is -3.31. The molecule has 37 heavy (non-hydrogen) atoms. The number of aromatic amines is 1. The number of hydrogen-bond donors (Lipinski definition) is 1. The SMILES string of the molecule is C[C@H](c1nc(C(F)(F)F)cc2c(-c3cccc(C4(Cc5nncn5C)COC4)c3)n[nH]c12)N1CCCC1. The van der Waals surface area contributed by atoms with Crippen LogP contribution >= 0.6 is 0 Å². The standard InChI is InChI=1S/C26H28F3N7O/c1-16(36-8-3-4-9-36)22-24-19(11-20(31-22)26(27,28)29)23(33-34-24)17-6-5-7-18(10-17)25(13-37-14-25)12-21-32-30-15-35(21)2/h5-7,10-11,15-16H,3-4,8-9,12-14H2,1-2H3,(H,33,34)/t16-/m1/s1. The summed E-state index contributed by atoms with van der Waals surface area (Å²) in [4.78, 5) is 6.26. The average Bonchev–Trinajstić information content (AvgIpc) is 3.61. The largest absolute Gasteiger partial charge is 0.433 e. The number of alkyl halides is 3. The Morgan fingerprint density at radius 3 is 2.59 bits per heavy atom. The lowest BCUT2D eigenvalue weighted by Crippen LogP contribution is -2.49. The molecule has 0 radical (unpaired) electrons. The van der Waals surface area contributed by atoms with Gasteiger partial charge in [-0.15, -0.1) is 10.2 Å². The van der Waals surface area contributed by atoms with Crippen LogP contribution in [0.15, 0.2) is 36.7 Å². The smallest absolute Gasteiger partial charge is 0.379 e. The van der Waals surface area contributed by atoms with Gasteiger partial charge in [0.2, 0.25) is 0 Å². The van der Waals surface area contributed by atoms with Gasteiger partial charge in [-0.3, -0.25) is 10.00 Å². The van der Waals surface area contributed by atoms with Gasteiger partial charge >= 0.3 is 6.18 Å². The van der Waals surface area contributed by atoms with E-state index in [4.69, 9.17) is 4.74 Å². The summed E-state index contributed by atoms with van der Waals surface area (Å²) in [5.41, 5.74) is 2.01. The highest BCUT2D eigenvalue weighted by Crippen LogP contribution is 2.40. The van der Waals surface area contributed by atoms with Crippen LogP contribution in [0.2, 0.25) is 0 Å². The minimum atomic E-state index is -4.56. The molecule has 3 aromatic heterocycles. The van der Waals surface area contributed by atoms with E-state index < -0.39 is 11.9 Å². The first-order valence-electron chi connectivity index (χ1n) is 12.5. The number of nitrogens with one attached hydrogen (secondary N) is 1. The zero-order chi connectivity index (χ0) is 25.8. The Balaban J connectivity index is 1.44. The molecule has 1 aromatic carbocycles. The van der Waals surface area contributed by atoms with Crippen LogP contribution in [0.25, 0.3) is 22.2 Å². The number of hydrogen-bond acceptors (Lipinski definition) is 6. The predicted molar refractivity (Wildman–Crippen MR) is 131 cm³/mol. The molecule has 8 nitrogen and oxygen atoms in total. The Morgan fingerprint density at radius 1 is 1.16 bits per heavy atom. The lowest BCUT2D eigenvalue weighted by atomic mass is 9.75. The summed E-state index contributed by atoms with van der Waals surface area (Å²) in [5.74, 6) is 0.848. The molecule has 0 saturated carbocycles. The molecule has 2 fully saturated rings. The van der Waals surface area contributed by atoms with Gasteiger partial charge in [0.15, 0.2) is 0 Å². The van der Waals surface area contributed by atoms with Crippen LogP contribution < -0.4 is 0 Å². The fourth-order valence-electron chi connectivity index (χ4n) is 5.50. The van der Waals surface area contributed by atoms with Gasteiger partial charge < -0.3 is 9.30 Å². The van der Waals surface area contributed by atoms with Crippen molar-refractivity contribution in [3.63, 3.8) is 0 Å². The van der Waals surface area contributed by atoms with Crippen LogP contribution in [0.5, 0.6) is 0 Å². The van der Waals surface area contributed by atoms with Crippen LogP contribution in [0.3, 0.4) is 0 Å². The zero-order valence-corrected chi connectivity index (χ0v) is 20.7. The molecule has 0 aliphatic carbocycles. The summed E-state index contributed by atoms with van der Waals surface area (Å²) in [6.45, 7) is 4.67. The molecule has 0 amide bonds. The highest BCUT2D eigenvalue weighted by atomic mass is 19.4. The topological polar surface area (TPSA) is 84.7 Å². The van der Waals surface area contributed by atoms with Gasteiger partial charge in [-0.05, 0) is 50.6 Å². The van der Waals surface area contributed by atoms with E-state index in [0.29, 0.717) is 41.9 Å². The van der Waals surface area contributed by atoms with Crippen LogP contribution in [-0.2, 0) is 29.8 Å². The summed E-state index contributed by atoms with van der Waals surface area (Å²) in [5, 5.41) is 16.2. The van der Waals surface area contributed by atoms with Crippen molar-refractivity contribution in [1.82, 2.24) is 34.8 Å². The lowest BCUT2D eigenvalue weighted by Gasteiger charge is -2.41. The third-order valence-corrected chi connectivity index (χ3v) is 7.76. The predicted octanol–water partition coefficient (Wildman–Crippen LogP) is 4.44. The maximum atomic E-state index is 13.9. The summed E-state index contributed by atoms with van der Waals surface area (Å²) in [7, 11) is 1.90. The second-order valence-electron chi connectivity index (χ2n) is 10.2. The average molecular weight is 512 g/mol. The number of nitrogens with zero attached hydrogens (tertiary/aromatic N) is 6. The van der Waals surface area contributed by atoms with E-state index in [9.17, 15) is 13.2 Å². The minimum absolute atomic E-state index is 0.256. The van der Waals surface area contributed by atoms with Crippen molar-refractivity contribution in [2.75, 3.05) is 26.3 Å². The fraction of sp³-hybridized carbons (Fsp3) is 0.462. The van der Waals surface area contributed by atoms with E-state index in [1.54, 1.807) is 6.33 Å². The molecule has 6 rings (SSSR count). The molecule has 1 atom stereocenters. The molecular weight excluding hydrogens is 483 g/mol. The van der Waals surface area contributed by atoms with Gasteiger partial charge in [0.1, 0.15) is 23.5 Å². The number of halogens is 3. The van der Waals surface area contributed by atoms with E-state index in [0.717, 1.165) is 48.9 Å². The Morgan fingerprint density at radius 2 is 1.95 bits per heavy atom. The van der Waals surface area contributed by atoms with Crippen molar-refractivity contribution < 1.29 is 17.9 Å². The van der Waals surface area contributed by atoms with Crippen molar-refractivity contribution in [2.24, 2.45) is 7.05 Å². The van der Waals surface area contributed by atoms with Crippen molar-refractivity contribution in [3.8, 4) is 11.3 Å². The number of benzene rings is 1. The number of likely N-dealkylation sites (tertiary alicyclic amines) is 1. The molecule has 0 unspecified atom stereocenters. The van der Waals surface area contributed by atoms with Crippen molar-refractivity contribution >= 4 is 10.9 Å². The molecule has 0 spiro atoms. The third kappa shape index (κ3) is 4.19. The molecule has 4 aromatic rings. The first-order chi connectivity index (χ1) is 17.7. The summed E-state index contributed by atoms with van der Waals surface area (Å²) in [6, 6.07) is 8.69. The molecule has 2 aliphatic heterocycles. The normalized spacial score (nSPS) is 18.8. The van der Waals surface area contributed by atoms with Gasteiger partial charge in [0, 0.05) is 29.8 Å². The summed E-state index contributed by atoms with van der Waals surface area (Å²) < 4.78 is 49.3. The number of H-pyrrole nitrogens is 1. The van der Waals surface area contributed by atoms with Gasteiger partial charge in [-0.1, -0.05) is 18.2 Å². The minimum Gasteiger partial charge on any atom is -0.379 e. The maximum Gasteiger partial charge on any atom is 0.433 e. The second-order valence-corrected chi connectivity index (χ2v) is 10.2. The van der Waals surface area contributed by atoms with Gasteiger partial charge in [-0.25, -0.2) is 4.98 Å². The van der Waals surface area contributed by atoms with E-state index >= 15 is 0 Å². The Labute approximate surface area is 211 Å². The number of pyridine rings is 1. The van der Waals surface area contributed by atoms with Crippen molar-refractivity contribution in [3.05, 3.63) is 59.4 Å². The summed E-state index contributed by atoms with van der Waals surface area (Å²) >= 11 is 0. The second kappa shape index (κ2) is 8.91. The molecule has 2 saturated heterocycles. The van der Waals surface area contributed by atoms with Crippen molar-refractivity contribution in [2.45, 2.75) is 43.8 Å². The third-order valence-electron chi connectivity index (χ3n) is 7.76. The maximum absolute atomic E-state index is 13.9. The number of fused-ring (bicyclic) bond motifs is 1. The quantitative estimate of drug-likeness (QED) is 0.412. The van der Waals surface area contributed by atoms with E-state index in [-0.39, 0.29) is 11.5 Å². The fourth-order valence-corrected chi connectivity index (χ4v) is 5.50.